The van der Waals surface area contributed by atoms with Crippen LogP contribution in [0, 0.1) is 5.92 Å². The predicted molar refractivity (Wildman–Crippen MR) is 75.9 cm³/mol. The molecule has 3 heteroatoms. The van der Waals surface area contributed by atoms with Crippen molar-refractivity contribution in [2.45, 2.75) is 77.7 Å². The Kier molecular flexibility index (Phi) is 4.52. The van der Waals surface area contributed by atoms with Gasteiger partial charge in [-0.25, -0.2) is 0 Å². The molecule has 3 nitrogen and oxygen atoms in total. The lowest BCUT2D eigenvalue weighted by molar-refractivity contribution is -0.0852. The summed E-state index contributed by atoms with van der Waals surface area (Å²) in [6.07, 6.45) is 1.07. The highest BCUT2D eigenvalue weighted by Gasteiger charge is 2.48. The van der Waals surface area contributed by atoms with Gasteiger partial charge in [0.25, 0.3) is 0 Å². The number of nitrogens with one attached hydrogen (secondary N) is 1. The van der Waals surface area contributed by atoms with Crippen LogP contribution in [-0.2, 0) is 9.47 Å². The second-order valence-corrected chi connectivity index (χ2v) is 7.59. The van der Waals surface area contributed by atoms with Crippen molar-refractivity contribution in [2.75, 3.05) is 13.7 Å². The highest BCUT2D eigenvalue weighted by Crippen LogP contribution is 2.43. The quantitative estimate of drug-likeness (QED) is 0.840. The lowest BCUT2D eigenvalue weighted by atomic mass is 9.82. The molecule has 0 bridgehead atoms. The zero-order valence-corrected chi connectivity index (χ0v) is 13.4. The number of rotatable bonds is 4. The third kappa shape index (κ3) is 4.22. The first kappa shape index (κ1) is 15.9. The Hall–Kier alpha value is -0.120. The Bertz CT molecular complexity index is 279. The lowest BCUT2D eigenvalue weighted by Crippen LogP contribution is -2.46. The lowest BCUT2D eigenvalue weighted by Gasteiger charge is -2.34. The number of ether oxygens (including phenoxy) is 2. The maximum absolute atomic E-state index is 6.17. The van der Waals surface area contributed by atoms with Crippen molar-refractivity contribution < 1.29 is 9.47 Å². The largest absolute Gasteiger partial charge is 0.374 e. The monoisotopic (exact) mass is 257 g/mol. The van der Waals surface area contributed by atoms with E-state index >= 15 is 0 Å². The fourth-order valence-corrected chi connectivity index (χ4v) is 2.97. The Balaban J connectivity index is 2.71. The molecule has 0 aromatic heterocycles. The topological polar surface area (TPSA) is 30.5 Å². The summed E-state index contributed by atoms with van der Waals surface area (Å²) in [6, 6.07) is 0.334. The molecular weight excluding hydrogens is 226 g/mol. The Labute approximate surface area is 113 Å². The molecular formula is C15H31NO2. The van der Waals surface area contributed by atoms with E-state index in [9.17, 15) is 0 Å². The molecule has 1 aliphatic heterocycles. The first-order chi connectivity index (χ1) is 7.97. The summed E-state index contributed by atoms with van der Waals surface area (Å²) in [6.45, 7) is 15.7. The third-order valence-corrected chi connectivity index (χ3v) is 3.70. The first-order valence-electron chi connectivity index (χ1n) is 6.98. The van der Waals surface area contributed by atoms with Crippen LogP contribution < -0.4 is 5.32 Å². The van der Waals surface area contributed by atoms with E-state index in [1.807, 2.05) is 7.05 Å². The fourth-order valence-electron chi connectivity index (χ4n) is 2.97. The third-order valence-electron chi connectivity index (χ3n) is 3.70. The average Bonchev–Trinajstić information content (AvgIpc) is 2.34. The normalized spacial score (nSPS) is 28.3. The fraction of sp³-hybridized carbons (Fsp3) is 1.00. The SMILES string of the molecule is CNC(COC(C)(C)C)C1CC(C)(C)OC1(C)C. The van der Waals surface area contributed by atoms with Gasteiger partial charge in [-0.15, -0.1) is 0 Å². The second-order valence-electron chi connectivity index (χ2n) is 7.59. The molecule has 0 aliphatic carbocycles. The van der Waals surface area contributed by atoms with Crippen LogP contribution in [0.25, 0.3) is 0 Å². The number of hydrogen-bond donors (Lipinski definition) is 1. The molecule has 2 unspecified atom stereocenters. The predicted octanol–water partition coefficient (Wildman–Crippen LogP) is 2.98. The highest BCUT2D eigenvalue weighted by atomic mass is 16.5. The van der Waals surface area contributed by atoms with Gasteiger partial charge in [-0.2, -0.15) is 0 Å². The Morgan fingerprint density at radius 3 is 2.17 bits per heavy atom. The molecule has 0 saturated carbocycles. The van der Waals surface area contributed by atoms with Gasteiger partial charge in [0.2, 0.25) is 0 Å². The van der Waals surface area contributed by atoms with Crippen LogP contribution in [0.15, 0.2) is 0 Å². The van der Waals surface area contributed by atoms with E-state index in [-0.39, 0.29) is 16.8 Å². The summed E-state index contributed by atoms with van der Waals surface area (Å²) in [5, 5.41) is 3.40. The van der Waals surface area contributed by atoms with Gasteiger partial charge in [0, 0.05) is 12.0 Å². The summed E-state index contributed by atoms with van der Waals surface area (Å²) >= 11 is 0. The molecule has 1 heterocycles. The van der Waals surface area contributed by atoms with Crippen molar-refractivity contribution in [3.63, 3.8) is 0 Å². The first-order valence-corrected chi connectivity index (χ1v) is 6.98. The molecule has 0 aromatic rings. The molecule has 108 valence electrons. The maximum atomic E-state index is 6.17. The van der Waals surface area contributed by atoms with Crippen LogP contribution in [0.1, 0.15) is 54.9 Å². The summed E-state index contributed by atoms with van der Waals surface area (Å²) in [5.74, 6) is 0.472. The molecule has 0 radical (unpaired) electrons. The molecule has 18 heavy (non-hydrogen) atoms. The molecule has 0 spiro atoms. The minimum Gasteiger partial charge on any atom is -0.374 e. The molecule has 1 saturated heterocycles. The second kappa shape index (κ2) is 5.10. The van der Waals surface area contributed by atoms with Crippen LogP contribution >= 0.6 is 0 Å². The van der Waals surface area contributed by atoms with Gasteiger partial charge in [0.05, 0.1) is 23.4 Å². The van der Waals surface area contributed by atoms with Crippen molar-refractivity contribution in [2.24, 2.45) is 5.92 Å². The molecule has 2 atom stereocenters. The molecule has 1 aliphatic rings. The summed E-state index contributed by atoms with van der Waals surface area (Å²) in [5.41, 5.74) is -0.225. The van der Waals surface area contributed by atoms with Crippen LogP contribution in [0.4, 0.5) is 0 Å². The summed E-state index contributed by atoms with van der Waals surface area (Å²) in [4.78, 5) is 0. The average molecular weight is 257 g/mol. The smallest absolute Gasteiger partial charge is 0.0678 e. The number of likely N-dealkylation sites (N-methyl/N-ethyl adjacent to an activating group) is 1. The van der Waals surface area contributed by atoms with Crippen molar-refractivity contribution >= 4 is 0 Å². The zero-order chi connectivity index (χ0) is 14.2. The molecule has 1 N–H and O–H groups in total. The van der Waals surface area contributed by atoms with E-state index in [4.69, 9.17) is 9.47 Å². The highest BCUT2D eigenvalue weighted by molar-refractivity contribution is 4.99. The zero-order valence-electron chi connectivity index (χ0n) is 13.4. The van der Waals surface area contributed by atoms with Crippen LogP contribution in [0.5, 0.6) is 0 Å². The minimum absolute atomic E-state index is 0.0367. The van der Waals surface area contributed by atoms with E-state index in [1.165, 1.54) is 0 Å². The molecule has 0 amide bonds. The van der Waals surface area contributed by atoms with Gasteiger partial charge < -0.3 is 14.8 Å². The van der Waals surface area contributed by atoms with Gasteiger partial charge in [-0.3, -0.25) is 0 Å². The van der Waals surface area contributed by atoms with Crippen LogP contribution in [0.2, 0.25) is 0 Å². The molecule has 1 fully saturated rings. The minimum atomic E-state index is -0.0988. The van der Waals surface area contributed by atoms with E-state index in [0.29, 0.717) is 12.0 Å². The van der Waals surface area contributed by atoms with Crippen LogP contribution in [0.3, 0.4) is 0 Å². The van der Waals surface area contributed by atoms with Gasteiger partial charge in [-0.05, 0) is 61.9 Å². The van der Waals surface area contributed by atoms with E-state index in [0.717, 1.165) is 13.0 Å². The van der Waals surface area contributed by atoms with Crippen molar-refractivity contribution in [1.29, 1.82) is 0 Å². The van der Waals surface area contributed by atoms with E-state index < -0.39 is 0 Å². The van der Waals surface area contributed by atoms with Crippen molar-refractivity contribution in [1.82, 2.24) is 5.32 Å². The number of hydrogen-bond acceptors (Lipinski definition) is 3. The Morgan fingerprint density at radius 1 is 1.28 bits per heavy atom. The maximum Gasteiger partial charge on any atom is 0.0678 e. The van der Waals surface area contributed by atoms with Gasteiger partial charge in [0.15, 0.2) is 0 Å². The van der Waals surface area contributed by atoms with E-state index in [1.54, 1.807) is 0 Å². The van der Waals surface area contributed by atoms with Gasteiger partial charge in [0.1, 0.15) is 0 Å². The van der Waals surface area contributed by atoms with Crippen molar-refractivity contribution in [3.8, 4) is 0 Å². The summed E-state index contributed by atoms with van der Waals surface area (Å²) < 4.78 is 12.1. The van der Waals surface area contributed by atoms with E-state index in [2.05, 4.69) is 53.8 Å². The summed E-state index contributed by atoms with van der Waals surface area (Å²) in [7, 11) is 2.01. The van der Waals surface area contributed by atoms with Gasteiger partial charge in [-0.1, -0.05) is 0 Å². The van der Waals surface area contributed by atoms with Gasteiger partial charge >= 0.3 is 0 Å². The Morgan fingerprint density at radius 2 is 1.83 bits per heavy atom. The molecule has 1 rings (SSSR count). The molecule has 0 aromatic carbocycles. The van der Waals surface area contributed by atoms with Crippen LogP contribution in [-0.4, -0.2) is 36.5 Å². The standard InChI is InChI=1S/C15H31NO2/c1-13(2,3)17-10-12(16-8)11-9-14(4,5)18-15(11,6)7/h11-12,16H,9-10H2,1-8H3. The van der Waals surface area contributed by atoms with Crippen molar-refractivity contribution in [3.05, 3.63) is 0 Å².